The predicted octanol–water partition coefficient (Wildman–Crippen LogP) is 1.01. The molecule has 20 heavy (non-hydrogen) atoms. The lowest BCUT2D eigenvalue weighted by atomic mass is 10.2. The molecule has 2 amide bonds. The van der Waals surface area contributed by atoms with Gasteiger partial charge in [0.05, 0.1) is 23.1 Å². The molecule has 0 bridgehead atoms. The van der Waals surface area contributed by atoms with Crippen molar-refractivity contribution in [3.63, 3.8) is 0 Å². The van der Waals surface area contributed by atoms with E-state index in [-0.39, 0.29) is 30.8 Å². The third kappa shape index (κ3) is 4.87. The Kier molecular flexibility index (Phi) is 5.96. The molecule has 1 unspecified atom stereocenters. The van der Waals surface area contributed by atoms with Crippen molar-refractivity contribution in [3.8, 4) is 0 Å². The highest BCUT2D eigenvalue weighted by Gasteiger charge is 2.11. The standard InChI is InChI=1S/C14H22N4O2/c1-4-9(2)18-13(19)5-6-16-14(20)12-7-11(15)8-17-10(12)3/h7-9H,4-6,15H2,1-3H3,(H,16,20)(H,18,19). The number of nitrogen functional groups attached to an aromatic ring is 1. The van der Waals surface area contributed by atoms with Crippen LogP contribution in [0.5, 0.6) is 0 Å². The van der Waals surface area contributed by atoms with Crippen LogP contribution in [-0.4, -0.2) is 29.4 Å². The van der Waals surface area contributed by atoms with E-state index in [9.17, 15) is 9.59 Å². The second kappa shape index (κ2) is 7.47. The number of rotatable bonds is 6. The molecule has 4 N–H and O–H groups in total. The second-order valence-electron chi connectivity index (χ2n) is 4.78. The normalized spacial score (nSPS) is 11.8. The molecule has 0 aliphatic rings. The van der Waals surface area contributed by atoms with Crippen LogP contribution in [0.15, 0.2) is 12.3 Å². The van der Waals surface area contributed by atoms with E-state index in [1.54, 1.807) is 13.0 Å². The van der Waals surface area contributed by atoms with Crippen LogP contribution in [0.3, 0.4) is 0 Å². The number of nitrogens with two attached hydrogens (primary N) is 1. The van der Waals surface area contributed by atoms with Crippen molar-refractivity contribution in [2.45, 2.75) is 39.7 Å². The molecule has 6 nitrogen and oxygen atoms in total. The van der Waals surface area contributed by atoms with Crippen LogP contribution in [0.4, 0.5) is 5.69 Å². The molecule has 0 aliphatic heterocycles. The minimum atomic E-state index is -0.265. The molecular formula is C14H22N4O2. The number of aryl methyl sites for hydroxylation is 1. The van der Waals surface area contributed by atoms with Crippen molar-refractivity contribution in [3.05, 3.63) is 23.5 Å². The highest BCUT2D eigenvalue weighted by atomic mass is 16.2. The van der Waals surface area contributed by atoms with E-state index in [2.05, 4.69) is 15.6 Å². The molecule has 1 rings (SSSR count). The molecule has 110 valence electrons. The molecule has 0 saturated heterocycles. The third-order valence-electron chi connectivity index (χ3n) is 3.01. The summed E-state index contributed by atoms with van der Waals surface area (Å²) in [5.41, 5.74) is 7.09. The van der Waals surface area contributed by atoms with Gasteiger partial charge in [-0.05, 0) is 26.3 Å². The molecule has 0 aromatic carbocycles. The van der Waals surface area contributed by atoms with E-state index in [0.717, 1.165) is 6.42 Å². The van der Waals surface area contributed by atoms with Crippen molar-refractivity contribution >= 4 is 17.5 Å². The van der Waals surface area contributed by atoms with Gasteiger partial charge in [-0.2, -0.15) is 0 Å². The second-order valence-corrected chi connectivity index (χ2v) is 4.78. The molecule has 0 spiro atoms. The Morgan fingerprint density at radius 2 is 2.15 bits per heavy atom. The van der Waals surface area contributed by atoms with Crippen LogP contribution < -0.4 is 16.4 Å². The number of aromatic nitrogens is 1. The Balaban J connectivity index is 2.44. The van der Waals surface area contributed by atoms with Gasteiger partial charge >= 0.3 is 0 Å². The highest BCUT2D eigenvalue weighted by Crippen LogP contribution is 2.09. The fraction of sp³-hybridized carbons (Fsp3) is 0.500. The van der Waals surface area contributed by atoms with Gasteiger partial charge in [0.15, 0.2) is 0 Å². The monoisotopic (exact) mass is 278 g/mol. The van der Waals surface area contributed by atoms with Gasteiger partial charge < -0.3 is 16.4 Å². The molecule has 6 heteroatoms. The number of amides is 2. The molecular weight excluding hydrogens is 256 g/mol. The van der Waals surface area contributed by atoms with Crippen molar-refractivity contribution < 1.29 is 9.59 Å². The van der Waals surface area contributed by atoms with Crippen LogP contribution in [-0.2, 0) is 4.79 Å². The minimum Gasteiger partial charge on any atom is -0.397 e. The fourth-order valence-corrected chi connectivity index (χ4v) is 1.61. The largest absolute Gasteiger partial charge is 0.397 e. The molecule has 1 heterocycles. The van der Waals surface area contributed by atoms with Gasteiger partial charge in [0.25, 0.3) is 5.91 Å². The molecule has 1 atom stereocenters. The zero-order chi connectivity index (χ0) is 15.1. The summed E-state index contributed by atoms with van der Waals surface area (Å²) < 4.78 is 0. The summed E-state index contributed by atoms with van der Waals surface area (Å²) in [5, 5.41) is 5.53. The van der Waals surface area contributed by atoms with Crippen molar-refractivity contribution in [2.24, 2.45) is 0 Å². The fourth-order valence-electron chi connectivity index (χ4n) is 1.61. The first-order chi connectivity index (χ1) is 9.43. The first-order valence-electron chi connectivity index (χ1n) is 6.73. The maximum atomic E-state index is 11.9. The first-order valence-corrected chi connectivity index (χ1v) is 6.73. The van der Waals surface area contributed by atoms with Gasteiger partial charge in [-0.15, -0.1) is 0 Å². The van der Waals surface area contributed by atoms with Crippen LogP contribution in [0, 0.1) is 6.92 Å². The zero-order valence-corrected chi connectivity index (χ0v) is 12.2. The van der Waals surface area contributed by atoms with E-state index in [4.69, 9.17) is 5.73 Å². The Hall–Kier alpha value is -2.11. The van der Waals surface area contributed by atoms with Crippen molar-refractivity contribution in [1.29, 1.82) is 0 Å². The maximum absolute atomic E-state index is 11.9. The van der Waals surface area contributed by atoms with Crippen LogP contribution in [0.2, 0.25) is 0 Å². The quantitative estimate of drug-likeness (QED) is 0.723. The molecule has 1 aromatic heterocycles. The Bertz CT molecular complexity index is 488. The number of anilines is 1. The Morgan fingerprint density at radius 3 is 2.80 bits per heavy atom. The average Bonchev–Trinajstić information content (AvgIpc) is 2.41. The summed E-state index contributed by atoms with van der Waals surface area (Å²) in [4.78, 5) is 27.5. The lowest BCUT2D eigenvalue weighted by molar-refractivity contribution is -0.121. The predicted molar refractivity (Wildman–Crippen MR) is 78.2 cm³/mol. The summed E-state index contributed by atoms with van der Waals surface area (Å²) >= 11 is 0. The number of carbonyl (C=O) groups excluding carboxylic acids is 2. The highest BCUT2D eigenvalue weighted by molar-refractivity contribution is 5.96. The number of hydrogen-bond donors (Lipinski definition) is 3. The van der Waals surface area contributed by atoms with Gasteiger partial charge in [-0.3, -0.25) is 14.6 Å². The molecule has 0 saturated carbocycles. The summed E-state index contributed by atoms with van der Waals surface area (Å²) in [6.45, 7) is 5.97. The third-order valence-corrected chi connectivity index (χ3v) is 3.01. The average molecular weight is 278 g/mol. The van der Waals surface area contributed by atoms with Crippen LogP contribution in [0.25, 0.3) is 0 Å². The number of nitrogens with one attached hydrogen (secondary N) is 2. The Morgan fingerprint density at radius 1 is 1.45 bits per heavy atom. The van der Waals surface area contributed by atoms with E-state index in [1.165, 1.54) is 6.20 Å². The van der Waals surface area contributed by atoms with E-state index in [1.807, 2.05) is 13.8 Å². The zero-order valence-electron chi connectivity index (χ0n) is 12.2. The Labute approximate surface area is 119 Å². The van der Waals surface area contributed by atoms with Crippen molar-refractivity contribution in [2.75, 3.05) is 12.3 Å². The summed E-state index contributed by atoms with van der Waals surface area (Å²) in [6, 6.07) is 1.73. The van der Waals surface area contributed by atoms with Gasteiger partial charge in [0, 0.05) is 19.0 Å². The van der Waals surface area contributed by atoms with Gasteiger partial charge in [0.1, 0.15) is 0 Å². The van der Waals surface area contributed by atoms with Crippen LogP contribution >= 0.6 is 0 Å². The summed E-state index contributed by atoms with van der Waals surface area (Å²) in [5.74, 6) is -0.333. The number of pyridine rings is 1. The van der Waals surface area contributed by atoms with Gasteiger partial charge in [-0.25, -0.2) is 0 Å². The number of carbonyl (C=O) groups is 2. The maximum Gasteiger partial charge on any atom is 0.253 e. The summed E-state index contributed by atoms with van der Waals surface area (Å²) in [6.07, 6.45) is 2.64. The van der Waals surface area contributed by atoms with Gasteiger partial charge in [0.2, 0.25) is 5.91 Å². The smallest absolute Gasteiger partial charge is 0.253 e. The van der Waals surface area contributed by atoms with Crippen LogP contribution in [0.1, 0.15) is 42.7 Å². The van der Waals surface area contributed by atoms with E-state index >= 15 is 0 Å². The number of hydrogen-bond acceptors (Lipinski definition) is 4. The first kappa shape index (κ1) is 15.9. The van der Waals surface area contributed by atoms with Crippen molar-refractivity contribution in [1.82, 2.24) is 15.6 Å². The summed E-state index contributed by atoms with van der Waals surface area (Å²) in [7, 11) is 0. The lowest BCUT2D eigenvalue weighted by Gasteiger charge is -2.12. The van der Waals surface area contributed by atoms with E-state index < -0.39 is 0 Å². The number of nitrogens with zero attached hydrogens (tertiary/aromatic N) is 1. The van der Waals surface area contributed by atoms with Gasteiger partial charge in [-0.1, -0.05) is 6.92 Å². The topological polar surface area (TPSA) is 97.1 Å². The lowest BCUT2D eigenvalue weighted by Crippen LogP contribution is -2.35. The molecule has 0 aliphatic carbocycles. The SMILES string of the molecule is CCC(C)NC(=O)CCNC(=O)c1cc(N)cnc1C. The molecule has 1 aromatic rings. The molecule has 0 fully saturated rings. The molecule has 0 radical (unpaired) electrons. The minimum absolute atomic E-state index is 0.0675. The van der Waals surface area contributed by atoms with E-state index in [0.29, 0.717) is 16.9 Å².